The molecule has 0 bridgehead atoms. The number of rotatable bonds is 6. The summed E-state index contributed by atoms with van der Waals surface area (Å²) < 4.78 is 5.67. The van der Waals surface area contributed by atoms with E-state index in [4.69, 9.17) is 15.3 Å². The van der Waals surface area contributed by atoms with E-state index in [-0.39, 0.29) is 6.61 Å². The molecule has 0 saturated heterocycles. The second-order valence-electron chi connectivity index (χ2n) is 4.25. The van der Waals surface area contributed by atoms with Crippen molar-refractivity contribution in [1.82, 2.24) is 9.88 Å². The molecule has 1 heterocycles. The first-order chi connectivity index (χ1) is 8.74. The first-order valence-electron chi connectivity index (χ1n) is 6.21. The lowest BCUT2D eigenvalue weighted by Gasteiger charge is -2.17. The molecule has 0 aliphatic heterocycles. The molecule has 0 saturated carbocycles. The molecule has 98 valence electrons. The van der Waals surface area contributed by atoms with Gasteiger partial charge in [0.15, 0.2) is 5.58 Å². The molecule has 5 nitrogen and oxygen atoms in total. The molecular formula is C13H19N3O2. The van der Waals surface area contributed by atoms with Crippen molar-refractivity contribution in [2.45, 2.75) is 19.9 Å². The Morgan fingerprint density at radius 1 is 1.44 bits per heavy atom. The van der Waals surface area contributed by atoms with Gasteiger partial charge in [-0.3, -0.25) is 4.90 Å². The van der Waals surface area contributed by atoms with Crippen molar-refractivity contribution in [2.24, 2.45) is 0 Å². The van der Waals surface area contributed by atoms with Crippen LogP contribution in [-0.2, 0) is 6.54 Å². The zero-order valence-corrected chi connectivity index (χ0v) is 10.6. The van der Waals surface area contributed by atoms with Crippen molar-refractivity contribution in [1.29, 1.82) is 0 Å². The van der Waals surface area contributed by atoms with Gasteiger partial charge in [-0.25, -0.2) is 4.98 Å². The van der Waals surface area contributed by atoms with Crippen LogP contribution in [-0.4, -0.2) is 34.7 Å². The van der Waals surface area contributed by atoms with Crippen LogP contribution in [0.5, 0.6) is 0 Å². The van der Waals surface area contributed by atoms with Gasteiger partial charge < -0.3 is 15.3 Å². The van der Waals surface area contributed by atoms with Gasteiger partial charge in [0.2, 0.25) is 5.89 Å². The third-order valence-electron chi connectivity index (χ3n) is 2.93. The molecule has 0 aliphatic rings. The van der Waals surface area contributed by atoms with E-state index in [0.717, 1.165) is 30.6 Å². The number of nitrogens with two attached hydrogens (primary N) is 1. The molecule has 2 rings (SSSR count). The monoisotopic (exact) mass is 249 g/mol. The standard InChI is InChI=1S/C13H19N3O2/c1-2-16(7-4-8-17)9-12-15-13-10(14)5-3-6-11(13)18-12/h3,5-6,17H,2,4,7-9,14H2,1H3. The minimum atomic E-state index is 0.205. The molecular weight excluding hydrogens is 230 g/mol. The molecule has 18 heavy (non-hydrogen) atoms. The van der Waals surface area contributed by atoms with Gasteiger partial charge >= 0.3 is 0 Å². The van der Waals surface area contributed by atoms with E-state index >= 15 is 0 Å². The fraction of sp³-hybridized carbons (Fsp3) is 0.462. The number of anilines is 1. The molecule has 5 heteroatoms. The highest BCUT2D eigenvalue weighted by atomic mass is 16.3. The Bertz CT molecular complexity index is 510. The number of nitrogens with zero attached hydrogens (tertiary/aromatic N) is 2. The Morgan fingerprint density at radius 3 is 2.94 bits per heavy atom. The predicted molar refractivity (Wildman–Crippen MR) is 71.1 cm³/mol. The SMILES string of the molecule is CCN(CCCO)Cc1nc2c(N)cccc2o1. The van der Waals surface area contributed by atoms with Crippen molar-refractivity contribution in [3.63, 3.8) is 0 Å². The van der Waals surface area contributed by atoms with E-state index in [1.807, 2.05) is 18.2 Å². The van der Waals surface area contributed by atoms with Gasteiger partial charge in [-0.1, -0.05) is 13.0 Å². The molecule has 0 amide bonds. The molecule has 0 unspecified atom stereocenters. The van der Waals surface area contributed by atoms with Crippen LogP contribution in [0.4, 0.5) is 5.69 Å². The summed E-state index contributed by atoms with van der Waals surface area (Å²) in [6.45, 7) is 4.66. The lowest BCUT2D eigenvalue weighted by molar-refractivity contribution is 0.213. The van der Waals surface area contributed by atoms with Gasteiger partial charge in [0.1, 0.15) is 5.52 Å². The number of aliphatic hydroxyl groups is 1. The van der Waals surface area contributed by atoms with Crippen LogP contribution in [0.3, 0.4) is 0 Å². The van der Waals surface area contributed by atoms with E-state index in [1.54, 1.807) is 0 Å². The topological polar surface area (TPSA) is 75.5 Å². The first-order valence-corrected chi connectivity index (χ1v) is 6.21. The van der Waals surface area contributed by atoms with Crippen molar-refractivity contribution in [3.8, 4) is 0 Å². The molecule has 0 aliphatic carbocycles. The zero-order chi connectivity index (χ0) is 13.0. The fourth-order valence-corrected chi connectivity index (χ4v) is 1.92. The smallest absolute Gasteiger partial charge is 0.209 e. The predicted octanol–water partition coefficient (Wildman–Crippen LogP) is 1.61. The van der Waals surface area contributed by atoms with Crippen molar-refractivity contribution in [2.75, 3.05) is 25.4 Å². The maximum atomic E-state index is 8.85. The molecule has 0 atom stereocenters. The Morgan fingerprint density at radius 2 is 2.28 bits per heavy atom. The normalized spacial score (nSPS) is 11.5. The number of benzene rings is 1. The van der Waals surface area contributed by atoms with Gasteiger partial charge in [0.05, 0.1) is 12.2 Å². The Hall–Kier alpha value is -1.59. The third kappa shape index (κ3) is 2.80. The summed E-state index contributed by atoms with van der Waals surface area (Å²) in [5, 5.41) is 8.85. The highest BCUT2D eigenvalue weighted by Gasteiger charge is 2.11. The van der Waals surface area contributed by atoms with Crippen molar-refractivity contribution >= 4 is 16.8 Å². The Labute approximate surface area is 106 Å². The second-order valence-corrected chi connectivity index (χ2v) is 4.25. The van der Waals surface area contributed by atoms with Crippen LogP contribution in [0.1, 0.15) is 19.2 Å². The largest absolute Gasteiger partial charge is 0.439 e. The molecule has 3 N–H and O–H groups in total. The molecule has 0 fully saturated rings. The summed E-state index contributed by atoms with van der Waals surface area (Å²) in [6, 6.07) is 5.54. The van der Waals surface area contributed by atoms with E-state index in [0.29, 0.717) is 18.1 Å². The summed E-state index contributed by atoms with van der Waals surface area (Å²) in [5.74, 6) is 0.669. The van der Waals surface area contributed by atoms with E-state index < -0.39 is 0 Å². The first kappa shape index (κ1) is 12.9. The van der Waals surface area contributed by atoms with Gasteiger partial charge in [0, 0.05) is 13.2 Å². The van der Waals surface area contributed by atoms with Crippen LogP contribution in [0.2, 0.25) is 0 Å². The average molecular weight is 249 g/mol. The quantitative estimate of drug-likeness (QED) is 0.761. The summed E-state index contributed by atoms with van der Waals surface area (Å²) >= 11 is 0. The lowest BCUT2D eigenvalue weighted by atomic mass is 10.3. The van der Waals surface area contributed by atoms with E-state index in [2.05, 4.69) is 16.8 Å². The molecule has 0 spiro atoms. The summed E-state index contributed by atoms with van der Waals surface area (Å²) in [5.41, 5.74) is 7.94. The average Bonchev–Trinajstić information content (AvgIpc) is 2.78. The zero-order valence-electron chi connectivity index (χ0n) is 10.6. The minimum absolute atomic E-state index is 0.205. The number of aromatic nitrogens is 1. The van der Waals surface area contributed by atoms with Crippen LogP contribution in [0.25, 0.3) is 11.1 Å². The lowest BCUT2D eigenvalue weighted by Crippen LogP contribution is -2.24. The highest BCUT2D eigenvalue weighted by Crippen LogP contribution is 2.21. The number of fused-ring (bicyclic) bond motifs is 1. The summed E-state index contributed by atoms with van der Waals surface area (Å²) in [6.07, 6.45) is 0.760. The number of nitrogen functional groups attached to an aromatic ring is 1. The van der Waals surface area contributed by atoms with E-state index in [1.165, 1.54) is 0 Å². The highest BCUT2D eigenvalue weighted by molar-refractivity contribution is 5.85. The van der Waals surface area contributed by atoms with Crippen LogP contribution >= 0.6 is 0 Å². The van der Waals surface area contributed by atoms with Gasteiger partial charge in [-0.05, 0) is 25.1 Å². The number of hydrogen-bond acceptors (Lipinski definition) is 5. The Balaban J connectivity index is 2.13. The van der Waals surface area contributed by atoms with Gasteiger partial charge in [0.25, 0.3) is 0 Å². The van der Waals surface area contributed by atoms with E-state index in [9.17, 15) is 0 Å². The van der Waals surface area contributed by atoms with Crippen molar-refractivity contribution in [3.05, 3.63) is 24.1 Å². The van der Waals surface area contributed by atoms with Crippen LogP contribution in [0.15, 0.2) is 22.6 Å². The van der Waals surface area contributed by atoms with Crippen molar-refractivity contribution < 1.29 is 9.52 Å². The number of aliphatic hydroxyl groups excluding tert-OH is 1. The maximum Gasteiger partial charge on any atom is 0.209 e. The van der Waals surface area contributed by atoms with Gasteiger partial charge in [-0.15, -0.1) is 0 Å². The number of oxazole rings is 1. The fourth-order valence-electron chi connectivity index (χ4n) is 1.92. The number of para-hydroxylation sites is 1. The minimum Gasteiger partial charge on any atom is -0.439 e. The molecule has 1 aromatic heterocycles. The van der Waals surface area contributed by atoms with Crippen LogP contribution < -0.4 is 5.73 Å². The second kappa shape index (κ2) is 5.84. The molecule has 2 aromatic rings. The summed E-state index contributed by atoms with van der Waals surface area (Å²) in [4.78, 5) is 6.59. The summed E-state index contributed by atoms with van der Waals surface area (Å²) in [7, 11) is 0. The molecule has 0 radical (unpaired) electrons. The maximum absolute atomic E-state index is 8.85. The van der Waals surface area contributed by atoms with Crippen LogP contribution in [0, 0.1) is 0 Å². The molecule has 1 aromatic carbocycles. The number of hydrogen-bond donors (Lipinski definition) is 2. The Kier molecular flexibility index (Phi) is 4.17. The third-order valence-corrected chi connectivity index (χ3v) is 2.93. The van der Waals surface area contributed by atoms with Gasteiger partial charge in [-0.2, -0.15) is 0 Å².